The number of fused-ring (bicyclic) bond motifs is 2. The summed E-state index contributed by atoms with van der Waals surface area (Å²) < 4.78 is 22.7. The lowest BCUT2D eigenvalue weighted by atomic mass is 9.99. The number of alkyl carbamates (subject to hydrolysis) is 1. The fourth-order valence-corrected chi connectivity index (χ4v) is 9.11. The molecule has 0 aliphatic carbocycles. The van der Waals surface area contributed by atoms with Gasteiger partial charge in [-0.25, -0.2) is 11.4 Å². The van der Waals surface area contributed by atoms with Crippen molar-refractivity contribution in [1.82, 2.24) is 41.7 Å². The van der Waals surface area contributed by atoms with E-state index in [0.717, 1.165) is 22.3 Å². The highest BCUT2D eigenvalue weighted by atomic mass is 16.6. The van der Waals surface area contributed by atoms with Gasteiger partial charge >= 0.3 is 6.09 Å². The van der Waals surface area contributed by atoms with Crippen LogP contribution in [0.5, 0.6) is 11.5 Å². The molecular weight excluding hydrogens is 1020 g/mol. The van der Waals surface area contributed by atoms with Gasteiger partial charge in [0.2, 0.25) is 42.0 Å². The molecule has 0 aromatic heterocycles. The lowest BCUT2D eigenvalue weighted by Crippen LogP contribution is -2.64. The van der Waals surface area contributed by atoms with Gasteiger partial charge in [-0.3, -0.25) is 28.8 Å². The summed E-state index contributed by atoms with van der Waals surface area (Å²) in [5, 5.41) is 83.0. The van der Waals surface area contributed by atoms with Crippen LogP contribution in [0.3, 0.4) is 0 Å². The number of ether oxygens (including phenoxy) is 4. The first kappa shape index (κ1) is 62.1. The van der Waals surface area contributed by atoms with Crippen LogP contribution in [-0.2, 0) is 51.3 Å². The number of aliphatic hydroxyl groups is 6. The number of aliphatic hydroxyl groups excluding tert-OH is 6. The van der Waals surface area contributed by atoms with Crippen molar-refractivity contribution in [3.8, 4) is 11.5 Å². The highest BCUT2D eigenvalue weighted by molar-refractivity contribution is 5.98. The molecule has 0 radical (unpaired) electrons. The van der Waals surface area contributed by atoms with Crippen LogP contribution in [0, 0.1) is 12.5 Å². The summed E-state index contributed by atoms with van der Waals surface area (Å²) in [6.07, 6.45) is -12.8. The molecule has 7 amide bonds. The fraction of sp³-hybridized carbons (Fsp3) is 0.615. The van der Waals surface area contributed by atoms with Crippen molar-refractivity contribution in [2.24, 2.45) is 5.92 Å². The van der Waals surface area contributed by atoms with Crippen molar-refractivity contribution in [2.45, 2.75) is 139 Å². The van der Waals surface area contributed by atoms with Crippen LogP contribution < -0.4 is 41.4 Å². The van der Waals surface area contributed by atoms with E-state index in [4.69, 9.17) is 25.5 Å². The average Bonchev–Trinajstić information content (AvgIpc) is 3.97. The molecule has 2 aromatic carbocycles. The number of β-amino-alcohol motifs (C(OH)–C–C–N with tert-alkyl or cyclic N) is 1. The van der Waals surface area contributed by atoms with Crippen LogP contribution in [0.25, 0.3) is 4.85 Å². The molecule has 0 bridgehead atoms. The Labute approximate surface area is 452 Å². The largest absolute Gasteiger partial charge is 0.488 e. The minimum atomic E-state index is -2.06. The van der Waals surface area contributed by atoms with E-state index in [1.54, 1.807) is 46.1 Å². The Hall–Kier alpha value is -6.70. The molecule has 2 aromatic rings. The number of methoxy groups -OCH3 is 1. The van der Waals surface area contributed by atoms with E-state index in [1.807, 2.05) is 30.3 Å². The Morgan fingerprint density at radius 2 is 1.45 bits per heavy atom. The normalized spacial score (nSPS) is 27.1. The van der Waals surface area contributed by atoms with E-state index in [9.17, 15) is 64.2 Å². The number of carbonyl (C=O) groups excluding carboxylic acids is 7. The van der Waals surface area contributed by atoms with Crippen LogP contribution in [0.15, 0.2) is 48.5 Å². The standard InChI is InChI=1S/C52H75N9O17/c1-28-25-61-43(44(28)67)48(71)55-23-32(63)21-34(56-51(74)78-52(3,4)5)45(68)57-40(29(2)62)49(72)60-26-33(64)22-35(60)46(69)58-41(47(70)59-42(50(61)73)37(66)24-53-6)36(65)19-31-13-14-38(77-27-30-11-9-8-10-12-30)39(20-31)76-18-16-54-15-17-75-7/h8-14,20,28-29,32-37,40-44,54,62-67H,15-19,21-27H2,1-5,7H3,(H,55,71)(H,56,74)(H,57,68)(H,58,69)(H,59,70)/t28-,29+,32+,33+,34-,35-,36+,37+,40-,41-,42-,43-,44-/m0/s1. The fourth-order valence-electron chi connectivity index (χ4n) is 9.11. The number of rotatable bonds is 17. The highest BCUT2D eigenvalue weighted by Gasteiger charge is 2.50. The summed E-state index contributed by atoms with van der Waals surface area (Å²) in [4.78, 5) is 104. The zero-order chi connectivity index (χ0) is 57.4. The molecule has 13 atom stereocenters. The maximum Gasteiger partial charge on any atom is 0.408 e. The molecule has 430 valence electrons. The molecule has 12 N–H and O–H groups in total. The second kappa shape index (κ2) is 28.8. The third-order valence-electron chi connectivity index (χ3n) is 13.1. The van der Waals surface area contributed by atoms with Crippen molar-refractivity contribution in [3.05, 3.63) is 71.1 Å². The minimum Gasteiger partial charge on any atom is -0.488 e. The Balaban J connectivity index is 1.57. The molecule has 26 heteroatoms. The molecular formula is C52H75N9O17. The molecule has 3 fully saturated rings. The molecule has 0 spiro atoms. The van der Waals surface area contributed by atoms with Gasteiger partial charge in [-0.15, -0.1) is 0 Å². The first-order valence-electron chi connectivity index (χ1n) is 25.8. The quantitative estimate of drug-likeness (QED) is 0.0550. The van der Waals surface area contributed by atoms with Crippen LogP contribution in [-0.4, -0.2) is 220 Å². The van der Waals surface area contributed by atoms with Crippen molar-refractivity contribution in [3.63, 3.8) is 0 Å². The third-order valence-corrected chi connectivity index (χ3v) is 13.1. The Bertz CT molecular complexity index is 2420. The summed E-state index contributed by atoms with van der Waals surface area (Å²) >= 11 is 0. The van der Waals surface area contributed by atoms with E-state index in [0.29, 0.717) is 31.0 Å². The van der Waals surface area contributed by atoms with E-state index >= 15 is 0 Å². The predicted molar refractivity (Wildman–Crippen MR) is 276 cm³/mol. The number of carbonyl (C=O) groups is 7. The number of hydrogen-bond donors (Lipinski definition) is 12. The molecule has 78 heavy (non-hydrogen) atoms. The van der Waals surface area contributed by atoms with E-state index in [-0.39, 0.29) is 25.5 Å². The third kappa shape index (κ3) is 17.4. The monoisotopic (exact) mass is 1100 g/mol. The Kier molecular flexibility index (Phi) is 22.9. The number of amides is 7. The number of hydrogen-bond acceptors (Lipinski definition) is 18. The lowest BCUT2D eigenvalue weighted by molar-refractivity contribution is -0.147. The second-order valence-electron chi connectivity index (χ2n) is 20.7. The van der Waals surface area contributed by atoms with Gasteiger partial charge in [0, 0.05) is 65.0 Å². The predicted octanol–water partition coefficient (Wildman–Crippen LogP) is -3.16. The molecule has 3 aliphatic rings. The van der Waals surface area contributed by atoms with E-state index in [1.165, 1.54) is 6.92 Å². The molecule has 5 rings (SSSR count). The molecule has 3 heterocycles. The Morgan fingerprint density at radius 1 is 0.782 bits per heavy atom. The van der Waals surface area contributed by atoms with Gasteiger partial charge in [-0.05, 0) is 51.0 Å². The van der Waals surface area contributed by atoms with Gasteiger partial charge in [0.1, 0.15) is 55.1 Å². The number of benzene rings is 2. The van der Waals surface area contributed by atoms with E-state index < -0.39 is 165 Å². The summed E-state index contributed by atoms with van der Waals surface area (Å²) in [5.41, 5.74) is 0.119. The zero-order valence-electron chi connectivity index (χ0n) is 44.6. The topological polar surface area (TPSA) is 361 Å². The molecule has 0 saturated carbocycles. The summed E-state index contributed by atoms with van der Waals surface area (Å²) in [6.45, 7) is 14.2. The molecule has 0 unspecified atom stereocenters. The molecule has 3 aliphatic heterocycles. The van der Waals surface area contributed by atoms with Gasteiger partial charge in [0.05, 0.1) is 37.1 Å². The summed E-state index contributed by atoms with van der Waals surface area (Å²) in [7, 11) is 1.57. The molecule has 3 saturated heterocycles. The van der Waals surface area contributed by atoms with Gasteiger partial charge < -0.3 is 96.1 Å². The Morgan fingerprint density at radius 3 is 2.12 bits per heavy atom. The zero-order valence-corrected chi connectivity index (χ0v) is 44.6. The average molecular weight is 1100 g/mol. The van der Waals surface area contributed by atoms with Gasteiger partial charge in [-0.1, -0.05) is 43.3 Å². The smallest absolute Gasteiger partial charge is 0.408 e. The first-order chi connectivity index (χ1) is 36.9. The van der Waals surface area contributed by atoms with Gasteiger partial charge in [-0.2, -0.15) is 0 Å². The van der Waals surface area contributed by atoms with Crippen molar-refractivity contribution in [2.75, 3.05) is 59.6 Å². The maximum absolute atomic E-state index is 14.8. The number of nitrogens with one attached hydrogen (secondary N) is 6. The van der Waals surface area contributed by atoms with Crippen molar-refractivity contribution >= 4 is 41.5 Å². The summed E-state index contributed by atoms with van der Waals surface area (Å²) in [5.74, 6) is -7.09. The van der Waals surface area contributed by atoms with Crippen LogP contribution in [0.4, 0.5) is 4.79 Å². The SMILES string of the molecule is [C-]#[N+]C[C@@H](O)[C@@H]1NC(=O)[C@H]([C@H](O)Cc2ccc(OCc3ccccc3)c(OCCNCCOC)c2)NC(=O)[C@@H]2C[C@@H](O)CN2C(=O)[C@H]([C@@H](C)O)NC(=O)[C@@H](NC(=O)OC(C)(C)C)C[C@@H](O)CNC(=O)[C@@H]2[C@@H](O)[C@@H](C)CN2C1=O. The maximum atomic E-state index is 14.8. The van der Waals surface area contributed by atoms with E-state index in [2.05, 4.69) is 36.7 Å². The summed E-state index contributed by atoms with van der Waals surface area (Å²) in [6, 6.07) is 2.93. The lowest BCUT2D eigenvalue weighted by Gasteiger charge is -2.33. The number of nitrogens with zero attached hydrogens (tertiary/aromatic N) is 3. The second-order valence-corrected chi connectivity index (χ2v) is 20.7. The highest BCUT2D eigenvalue weighted by Crippen LogP contribution is 2.31. The van der Waals surface area contributed by atoms with Crippen LogP contribution >= 0.6 is 0 Å². The van der Waals surface area contributed by atoms with Gasteiger partial charge in [0.15, 0.2) is 17.6 Å². The minimum absolute atomic E-state index is 0.157. The van der Waals surface area contributed by atoms with Gasteiger partial charge in [0.25, 0.3) is 0 Å². The first-order valence-corrected chi connectivity index (χ1v) is 25.8. The van der Waals surface area contributed by atoms with Crippen molar-refractivity contribution in [1.29, 1.82) is 0 Å². The van der Waals surface area contributed by atoms with Crippen molar-refractivity contribution < 1.29 is 83.1 Å². The van der Waals surface area contributed by atoms with Crippen LogP contribution in [0.2, 0.25) is 0 Å². The van der Waals surface area contributed by atoms with Crippen LogP contribution in [0.1, 0.15) is 58.6 Å². The molecule has 26 nitrogen and oxygen atoms in total.